The predicted octanol–water partition coefficient (Wildman–Crippen LogP) is 0.914. The highest BCUT2D eigenvalue weighted by Crippen LogP contribution is 2.05. The minimum Gasteiger partial charge on any atom is -0.469 e. The normalized spacial score (nSPS) is 10.0. The first kappa shape index (κ1) is 9.98. The molecule has 0 N–H and O–H groups in total. The molecule has 0 atom stereocenters. The first-order valence-electron chi connectivity index (χ1n) is 3.70. The summed E-state index contributed by atoms with van der Waals surface area (Å²) in [7, 11) is 1.33. The second-order valence-electron chi connectivity index (χ2n) is 2.30. The van der Waals surface area contributed by atoms with Crippen LogP contribution in [-0.2, 0) is 21.8 Å². The first-order valence-corrected chi connectivity index (χ1v) is 4.23. The van der Waals surface area contributed by atoms with Gasteiger partial charge in [0, 0.05) is 6.42 Å². The van der Waals surface area contributed by atoms with Gasteiger partial charge in [0.2, 0.25) is 11.8 Å². The minimum atomic E-state index is -0.300. The number of esters is 1. The van der Waals surface area contributed by atoms with Crippen LogP contribution in [0, 0.1) is 0 Å². The molecule has 1 rings (SSSR count). The molecule has 0 amide bonds. The zero-order valence-corrected chi connectivity index (χ0v) is 7.87. The summed E-state index contributed by atoms with van der Waals surface area (Å²) in [6.07, 6.45) is 0.622. The van der Waals surface area contributed by atoms with E-state index in [2.05, 4.69) is 14.9 Å². The highest BCUT2D eigenvalue weighted by atomic mass is 35.5. The number of aryl methyl sites for hydroxylation is 1. The van der Waals surface area contributed by atoms with E-state index in [-0.39, 0.29) is 18.3 Å². The summed E-state index contributed by atoms with van der Waals surface area (Å²) in [5.41, 5.74) is 0. The van der Waals surface area contributed by atoms with Gasteiger partial charge in [0.05, 0.1) is 13.5 Å². The summed E-state index contributed by atoms with van der Waals surface area (Å²) < 4.78 is 9.52. The van der Waals surface area contributed by atoms with E-state index in [4.69, 9.17) is 16.0 Å². The molecule has 1 aromatic rings. The van der Waals surface area contributed by atoms with Crippen LogP contribution in [-0.4, -0.2) is 23.3 Å². The van der Waals surface area contributed by atoms with Gasteiger partial charge in [-0.15, -0.1) is 21.8 Å². The van der Waals surface area contributed by atoms with Gasteiger partial charge >= 0.3 is 5.97 Å². The molecule has 6 heteroatoms. The lowest BCUT2D eigenvalue weighted by Gasteiger charge is -1.94. The number of carbonyl (C=O) groups excluding carboxylic acids is 1. The van der Waals surface area contributed by atoms with E-state index in [1.807, 2.05) is 0 Å². The number of hydrogen-bond donors (Lipinski definition) is 0. The van der Waals surface area contributed by atoms with Gasteiger partial charge in [-0.25, -0.2) is 0 Å². The highest BCUT2D eigenvalue weighted by Gasteiger charge is 2.07. The third-order valence-corrected chi connectivity index (χ3v) is 1.62. The number of methoxy groups -OCH3 is 1. The molecule has 5 nitrogen and oxygen atoms in total. The predicted molar refractivity (Wildman–Crippen MR) is 44.2 cm³/mol. The van der Waals surface area contributed by atoms with Crippen molar-refractivity contribution in [3.63, 3.8) is 0 Å². The molecule has 1 heterocycles. The average molecular weight is 205 g/mol. The molecule has 0 radical (unpaired) electrons. The third kappa shape index (κ3) is 3.02. The Labute approximate surface area is 80.0 Å². The molecule has 0 aliphatic rings. The van der Waals surface area contributed by atoms with E-state index < -0.39 is 0 Å². The molecule has 0 aliphatic carbocycles. The first-order chi connectivity index (χ1) is 6.26. The molecule has 0 bridgehead atoms. The Morgan fingerprint density at radius 2 is 2.23 bits per heavy atom. The average Bonchev–Trinajstić information content (AvgIpc) is 2.61. The highest BCUT2D eigenvalue weighted by molar-refractivity contribution is 6.16. The summed E-state index contributed by atoms with van der Waals surface area (Å²) in [6, 6.07) is 0. The van der Waals surface area contributed by atoms with Gasteiger partial charge < -0.3 is 9.15 Å². The standard InChI is InChI=1S/C7H9ClN2O3/c1-12-7(11)3-2-5-9-10-6(4-8)13-5/h2-4H2,1H3. The molecule has 0 saturated carbocycles. The van der Waals surface area contributed by atoms with Crippen LogP contribution in [0.3, 0.4) is 0 Å². The number of nitrogens with zero attached hydrogens (tertiary/aromatic N) is 2. The van der Waals surface area contributed by atoms with Gasteiger partial charge in [0.1, 0.15) is 5.88 Å². The zero-order valence-electron chi connectivity index (χ0n) is 7.12. The van der Waals surface area contributed by atoms with Crippen LogP contribution in [0.1, 0.15) is 18.2 Å². The molecule has 1 aromatic heterocycles. The molecular formula is C7H9ClN2O3. The molecule has 0 aromatic carbocycles. The van der Waals surface area contributed by atoms with Crippen LogP contribution in [0.25, 0.3) is 0 Å². The van der Waals surface area contributed by atoms with Crippen LogP contribution in [0.2, 0.25) is 0 Å². The second-order valence-corrected chi connectivity index (χ2v) is 2.57. The number of aromatic nitrogens is 2. The number of halogens is 1. The minimum absolute atomic E-state index is 0.186. The van der Waals surface area contributed by atoms with E-state index in [0.29, 0.717) is 18.2 Å². The van der Waals surface area contributed by atoms with Gasteiger partial charge in [-0.3, -0.25) is 4.79 Å². The summed E-state index contributed by atoms with van der Waals surface area (Å²) in [6.45, 7) is 0. The smallest absolute Gasteiger partial charge is 0.306 e. The van der Waals surface area contributed by atoms with E-state index in [1.54, 1.807) is 0 Å². The molecule has 13 heavy (non-hydrogen) atoms. The van der Waals surface area contributed by atoms with Gasteiger partial charge in [0.15, 0.2) is 0 Å². The molecular weight excluding hydrogens is 196 g/mol. The molecule has 0 unspecified atom stereocenters. The summed E-state index contributed by atoms with van der Waals surface area (Å²) in [5, 5.41) is 7.32. The van der Waals surface area contributed by atoms with Crippen LogP contribution < -0.4 is 0 Å². The number of ether oxygens (including phenoxy) is 1. The van der Waals surface area contributed by atoms with Crippen molar-refractivity contribution in [2.75, 3.05) is 7.11 Å². The van der Waals surface area contributed by atoms with E-state index in [0.717, 1.165) is 0 Å². The largest absolute Gasteiger partial charge is 0.469 e. The number of alkyl halides is 1. The second kappa shape index (κ2) is 4.81. The Kier molecular flexibility index (Phi) is 3.70. The van der Waals surface area contributed by atoms with Crippen molar-refractivity contribution in [3.8, 4) is 0 Å². The zero-order chi connectivity index (χ0) is 9.68. The molecule has 0 spiro atoms. The summed E-state index contributed by atoms with van der Waals surface area (Å²) >= 11 is 5.44. The maximum absolute atomic E-state index is 10.7. The number of hydrogen-bond acceptors (Lipinski definition) is 5. The molecule has 0 fully saturated rings. The Balaban J connectivity index is 2.41. The number of carbonyl (C=O) groups is 1. The van der Waals surface area contributed by atoms with Crippen LogP contribution in [0.15, 0.2) is 4.42 Å². The summed E-state index contributed by atoms with van der Waals surface area (Å²) in [5.74, 6) is 0.652. The maximum atomic E-state index is 10.7. The van der Waals surface area contributed by atoms with Crippen LogP contribution in [0.4, 0.5) is 0 Å². The third-order valence-electron chi connectivity index (χ3n) is 1.39. The fourth-order valence-corrected chi connectivity index (χ4v) is 0.862. The Morgan fingerprint density at radius 1 is 1.54 bits per heavy atom. The fourth-order valence-electron chi connectivity index (χ4n) is 0.754. The van der Waals surface area contributed by atoms with Crippen molar-refractivity contribution in [2.24, 2.45) is 0 Å². The topological polar surface area (TPSA) is 65.2 Å². The van der Waals surface area contributed by atoms with Gasteiger partial charge in [-0.1, -0.05) is 0 Å². The molecule has 0 saturated heterocycles. The van der Waals surface area contributed by atoms with Crippen molar-refractivity contribution in [1.29, 1.82) is 0 Å². The van der Waals surface area contributed by atoms with E-state index in [1.165, 1.54) is 7.11 Å². The van der Waals surface area contributed by atoms with Crippen molar-refractivity contribution < 1.29 is 13.9 Å². The quantitative estimate of drug-likeness (QED) is 0.539. The lowest BCUT2D eigenvalue weighted by Crippen LogP contribution is -2.01. The molecule has 0 aliphatic heterocycles. The monoisotopic (exact) mass is 204 g/mol. The van der Waals surface area contributed by atoms with Crippen LogP contribution in [0.5, 0.6) is 0 Å². The van der Waals surface area contributed by atoms with E-state index >= 15 is 0 Å². The van der Waals surface area contributed by atoms with Gasteiger partial charge in [0.25, 0.3) is 0 Å². The van der Waals surface area contributed by atoms with Gasteiger partial charge in [-0.05, 0) is 0 Å². The lowest BCUT2D eigenvalue weighted by atomic mass is 10.3. The Hall–Kier alpha value is -1.10. The van der Waals surface area contributed by atoms with Gasteiger partial charge in [-0.2, -0.15) is 0 Å². The summed E-state index contributed by atoms with van der Waals surface area (Å²) in [4.78, 5) is 10.7. The SMILES string of the molecule is COC(=O)CCc1nnc(CCl)o1. The fraction of sp³-hybridized carbons (Fsp3) is 0.571. The van der Waals surface area contributed by atoms with Crippen molar-refractivity contribution in [3.05, 3.63) is 11.8 Å². The Morgan fingerprint density at radius 3 is 2.77 bits per heavy atom. The van der Waals surface area contributed by atoms with Crippen molar-refractivity contribution >= 4 is 17.6 Å². The van der Waals surface area contributed by atoms with E-state index in [9.17, 15) is 4.79 Å². The van der Waals surface area contributed by atoms with Crippen molar-refractivity contribution in [2.45, 2.75) is 18.7 Å². The number of rotatable bonds is 4. The van der Waals surface area contributed by atoms with Crippen molar-refractivity contribution in [1.82, 2.24) is 10.2 Å². The lowest BCUT2D eigenvalue weighted by molar-refractivity contribution is -0.140. The molecule has 72 valence electrons. The Bertz CT molecular complexity index is 287. The van der Waals surface area contributed by atoms with Crippen LogP contribution >= 0.6 is 11.6 Å². The maximum Gasteiger partial charge on any atom is 0.306 e.